The number of amides is 1. The molecule has 1 unspecified atom stereocenters. The first kappa shape index (κ1) is 12.3. The van der Waals surface area contributed by atoms with Gasteiger partial charge in [0.2, 0.25) is 0 Å². The lowest BCUT2D eigenvalue weighted by Gasteiger charge is -2.16. The molecule has 0 aromatic rings. The van der Waals surface area contributed by atoms with Gasteiger partial charge in [-0.05, 0) is 12.8 Å². The van der Waals surface area contributed by atoms with Crippen LogP contribution in [0.4, 0.5) is 4.79 Å². The van der Waals surface area contributed by atoms with Gasteiger partial charge in [0.05, 0.1) is 0 Å². The molecule has 1 atom stereocenters. The van der Waals surface area contributed by atoms with Gasteiger partial charge in [-0.2, -0.15) is 0 Å². The minimum atomic E-state index is -0.311. The average molecular weight is 187 g/mol. The third-order valence-corrected chi connectivity index (χ3v) is 1.97. The van der Waals surface area contributed by atoms with Gasteiger partial charge in [-0.25, -0.2) is 4.79 Å². The van der Waals surface area contributed by atoms with Crippen molar-refractivity contribution in [1.82, 2.24) is 5.32 Å². The van der Waals surface area contributed by atoms with E-state index in [2.05, 4.69) is 19.2 Å². The second-order valence-corrected chi connectivity index (χ2v) is 3.21. The molecule has 3 nitrogen and oxygen atoms in total. The van der Waals surface area contributed by atoms with Gasteiger partial charge in [0.1, 0.15) is 6.10 Å². The minimum absolute atomic E-state index is 0.102. The van der Waals surface area contributed by atoms with E-state index in [0.717, 1.165) is 32.1 Å². The molecule has 0 radical (unpaired) electrons. The lowest BCUT2D eigenvalue weighted by Crippen LogP contribution is -2.25. The third kappa shape index (κ3) is 6.43. The fourth-order valence-electron chi connectivity index (χ4n) is 1.23. The fourth-order valence-corrected chi connectivity index (χ4v) is 1.23. The molecule has 0 aliphatic heterocycles. The number of alkyl carbamates (subject to hydrolysis) is 1. The van der Waals surface area contributed by atoms with Crippen LogP contribution in [-0.2, 0) is 4.74 Å². The van der Waals surface area contributed by atoms with E-state index in [1.165, 1.54) is 0 Å². The standard InChI is InChI=1S/C10H21NO2/c1-4-6-8-9(7-5-2)13-10(12)11-3/h9H,4-8H2,1-3H3,(H,11,12). The van der Waals surface area contributed by atoms with E-state index in [-0.39, 0.29) is 12.2 Å². The minimum Gasteiger partial charge on any atom is -0.446 e. The predicted molar refractivity (Wildman–Crippen MR) is 53.8 cm³/mol. The molecule has 0 aromatic heterocycles. The Balaban J connectivity index is 3.71. The Bertz CT molecular complexity index is 137. The normalized spacial score (nSPS) is 12.2. The molecule has 0 fully saturated rings. The Morgan fingerprint density at radius 1 is 1.31 bits per heavy atom. The van der Waals surface area contributed by atoms with Gasteiger partial charge in [0, 0.05) is 7.05 Å². The number of rotatable bonds is 6. The Labute approximate surface area is 80.8 Å². The van der Waals surface area contributed by atoms with Gasteiger partial charge < -0.3 is 10.1 Å². The van der Waals surface area contributed by atoms with Crippen molar-refractivity contribution in [1.29, 1.82) is 0 Å². The van der Waals surface area contributed by atoms with E-state index >= 15 is 0 Å². The Morgan fingerprint density at radius 3 is 2.46 bits per heavy atom. The van der Waals surface area contributed by atoms with E-state index in [4.69, 9.17) is 4.74 Å². The highest BCUT2D eigenvalue weighted by Crippen LogP contribution is 2.10. The summed E-state index contributed by atoms with van der Waals surface area (Å²) in [7, 11) is 1.59. The van der Waals surface area contributed by atoms with Crippen LogP contribution in [0.5, 0.6) is 0 Å². The zero-order valence-corrected chi connectivity index (χ0v) is 8.93. The summed E-state index contributed by atoms with van der Waals surface area (Å²) in [5, 5.41) is 2.47. The van der Waals surface area contributed by atoms with E-state index < -0.39 is 0 Å². The molecular formula is C10H21NO2. The molecule has 0 saturated carbocycles. The molecule has 0 rings (SSSR count). The van der Waals surface area contributed by atoms with Gasteiger partial charge in [0.25, 0.3) is 0 Å². The smallest absolute Gasteiger partial charge is 0.407 e. The molecule has 0 saturated heterocycles. The summed E-state index contributed by atoms with van der Waals surface area (Å²) in [6.07, 6.45) is 5.08. The number of hydrogen-bond acceptors (Lipinski definition) is 2. The zero-order chi connectivity index (χ0) is 10.1. The van der Waals surface area contributed by atoms with Crippen LogP contribution in [-0.4, -0.2) is 19.2 Å². The van der Waals surface area contributed by atoms with Crippen LogP contribution >= 0.6 is 0 Å². The summed E-state index contributed by atoms with van der Waals surface area (Å²) in [5.74, 6) is 0. The number of ether oxygens (including phenoxy) is 1. The van der Waals surface area contributed by atoms with Crippen molar-refractivity contribution in [2.75, 3.05) is 7.05 Å². The number of carbonyl (C=O) groups excluding carboxylic acids is 1. The summed E-state index contributed by atoms with van der Waals surface area (Å²) in [6, 6.07) is 0. The SMILES string of the molecule is CCCCC(CCC)OC(=O)NC. The van der Waals surface area contributed by atoms with E-state index in [1.807, 2.05) is 0 Å². The quantitative estimate of drug-likeness (QED) is 0.694. The van der Waals surface area contributed by atoms with Crippen molar-refractivity contribution >= 4 is 6.09 Å². The number of unbranched alkanes of at least 4 members (excludes halogenated alkanes) is 1. The van der Waals surface area contributed by atoms with Gasteiger partial charge in [-0.15, -0.1) is 0 Å². The summed E-state index contributed by atoms with van der Waals surface area (Å²) in [5.41, 5.74) is 0. The Kier molecular flexibility index (Phi) is 7.45. The van der Waals surface area contributed by atoms with E-state index in [0.29, 0.717) is 0 Å². The Morgan fingerprint density at radius 2 is 2.00 bits per heavy atom. The molecule has 1 N–H and O–H groups in total. The van der Waals surface area contributed by atoms with Crippen LogP contribution in [0, 0.1) is 0 Å². The molecule has 0 aromatic carbocycles. The van der Waals surface area contributed by atoms with Gasteiger partial charge in [-0.1, -0.05) is 33.1 Å². The summed E-state index contributed by atoms with van der Waals surface area (Å²) in [6.45, 7) is 4.25. The van der Waals surface area contributed by atoms with Crippen molar-refractivity contribution < 1.29 is 9.53 Å². The zero-order valence-electron chi connectivity index (χ0n) is 8.93. The fraction of sp³-hybridized carbons (Fsp3) is 0.900. The lowest BCUT2D eigenvalue weighted by molar-refractivity contribution is 0.0874. The number of nitrogens with one attached hydrogen (secondary N) is 1. The molecular weight excluding hydrogens is 166 g/mol. The van der Waals surface area contributed by atoms with Gasteiger partial charge in [-0.3, -0.25) is 0 Å². The summed E-state index contributed by atoms with van der Waals surface area (Å²) < 4.78 is 5.19. The molecule has 1 amide bonds. The lowest BCUT2D eigenvalue weighted by atomic mass is 10.1. The molecule has 0 heterocycles. The average Bonchev–Trinajstić information content (AvgIpc) is 2.14. The van der Waals surface area contributed by atoms with Crippen molar-refractivity contribution in [3.63, 3.8) is 0 Å². The van der Waals surface area contributed by atoms with Gasteiger partial charge >= 0.3 is 6.09 Å². The van der Waals surface area contributed by atoms with Crippen LogP contribution in [0.2, 0.25) is 0 Å². The maximum absolute atomic E-state index is 10.9. The van der Waals surface area contributed by atoms with E-state index in [9.17, 15) is 4.79 Å². The molecule has 78 valence electrons. The maximum atomic E-state index is 10.9. The van der Waals surface area contributed by atoms with Crippen molar-refractivity contribution in [3.05, 3.63) is 0 Å². The van der Waals surface area contributed by atoms with Gasteiger partial charge in [0.15, 0.2) is 0 Å². The summed E-state index contributed by atoms with van der Waals surface area (Å²) >= 11 is 0. The molecule has 0 bridgehead atoms. The number of carbonyl (C=O) groups is 1. The topological polar surface area (TPSA) is 38.3 Å². The van der Waals surface area contributed by atoms with E-state index in [1.54, 1.807) is 7.05 Å². The molecule has 13 heavy (non-hydrogen) atoms. The first-order valence-electron chi connectivity index (χ1n) is 5.12. The highest BCUT2D eigenvalue weighted by molar-refractivity contribution is 5.66. The summed E-state index contributed by atoms with van der Waals surface area (Å²) in [4.78, 5) is 10.9. The van der Waals surface area contributed by atoms with Crippen molar-refractivity contribution in [2.24, 2.45) is 0 Å². The van der Waals surface area contributed by atoms with Crippen molar-refractivity contribution in [3.8, 4) is 0 Å². The van der Waals surface area contributed by atoms with Crippen LogP contribution < -0.4 is 5.32 Å². The van der Waals surface area contributed by atoms with Crippen LogP contribution in [0.1, 0.15) is 46.0 Å². The third-order valence-electron chi connectivity index (χ3n) is 1.97. The number of hydrogen-bond donors (Lipinski definition) is 1. The first-order chi connectivity index (χ1) is 6.24. The monoisotopic (exact) mass is 187 g/mol. The molecule has 0 spiro atoms. The van der Waals surface area contributed by atoms with Crippen LogP contribution in [0.15, 0.2) is 0 Å². The first-order valence-corrected chi connectivity index (χ1v) is 5.12. The Hall–Kier alpha value is -0.730. The molecule has 0 aliphatic carbocycles. The van der Waals surface area contributed by atoms with Crippen molar-refractivity contribution in [2.45, 2.75) is 52.1 Å². The van der Waals surface area contributed by atoms with Crippen LogP contribution in [0.3, 0.4) is 0 Å². The molecule has 3 heteroatoms. The second-order valence-electron chi connectivity index (χ2n) is 3.21. The second kappa shape index (κ2) is 7.90. The largest absolute Gasteiger partial charge is 0.446 e. The highest BCUT2D eigenvalue weighted by atomic mass is 16.6. The predicted octanol–water partition coefficient (Wildman–Crippen LogP) is 2.70. The van der Waals surface area contributed by atoms with Crippen LogP contribution in [0.25, 0.3) is 0 Å². The maximum Gasteiger partial charge on any atom is 0.407 e. The molecule has 0 aliphatic rings. The highest BCUT2D eigenvalue weighted by Gasteiger charge is 2.11.